The Morgan fingerprint density at radius 1 is 0.938 bits per heavy atom. The molecule has 4 heteroatoms. The Bertz CT molecular complexity index is 418. The highest BCUT2D eigenvalue weighted by Crippen LogP contribution is 2.22. The Hall–Kier alpha value is -1.09. The number of aromatic nitrogens is 1. The molecular formula is C12H14Cl2N2. The molecule has 0 bridgehead atoms. The van der Waals surface area contributed by atoms with E-state index < -0.39 is 0 Å². The van der Waals surface area contributed by atoms with E-state index in [0.717, 1.165) is 0 Å². The number of benzene rings is 1. The number of nitrogens with zero attached hydrogens (tertiary/aromatic N) is 1. The van der Waals surface area contributed by atoms with Gasteiger partial charge in [-0.25, -0.2) is 0 Å². The van der Waals surface area contributed by atoms with Crippen molar-refractivity contribution in [1.82, 2.24) is 4.98 Å². The summed E-state index contributed by atoms with van der Waals surface area (Å²) in [6.45, 7) is 0.568. The summed E-state index contributed by atoms with van der Waals surface area (Å²) in [4.78, 5) is 4.00. The standard InChI is InChI=1S/C12H12N2.2ClH/c13-9-11-3-1-2-4-12(11)10-5-7-14-8-6-10;;/h1-8H,9,13H2;2*1H. The van der Waals surface area contributed by atoms with E-state index >= 15 is 0 Å². The lowest BCUT2D eigenvalue weighted by Crippen LogP contribution is -1.98. The topological polar surface area (TPSA) is 38.9 Å². The van der Waals surface area contributed by atoms with Crippen molar-refractivity contribution >= 4 is 24.8 Å². The molecule has 0 aliphatic rings. The van der Waals surface area contributed by atoms with Crippen molar-refractivity contribution in [2.75, 3.05) is 0 Å². The number of halogens is 2. The van der Waals surface area contributed by atoms with E-state index in [1.165, 1.54) is 16.7 Å². The zero-order chi connectivity index (χ0) is 9.80. The van der Waals surface area contributed by atoms with Gasteiger partial charge in [0.15, 0.2) is 0 Å². The highest BCUT2D eigenvalue weighted by Gasteiger charge is 2.01. The number of nitrogens with two attached hydrogens (primary N) is 1. The van der Waals surface area contributed by atoms with Gasteiger partial charge in [0.2, 0.25) is 0 Å². The Balaban J connectivity index is 0.00000112. The van der Waals surface area contributed by atoms with Gasteiger partial charge in [-0.05, 0) is 28.8 Å². The molecule has 0 spiro atoms. The van der Waals surface area contributed by atoms with Crippen LogP contribution in [0.3, 0.4) is 0 Å². The fourth-order valence-electron chi connectivity index (χ4n) is 1.51. The van der Waals surface area contributed by atoms with Crippen LogP contribution in [0, 0.1) is 0 Å². The Morgan fingerprint density at radius 3 is 2.19 bits per heavy atom. The van der Waals surface area contributed by atoms with Crippen LogP contribution in [-0.2, 0) is 6.54 Å². The number of pyridine rings is 1. The minimum absolute atomic E-state index is 0. The molecule has 86 valence electrons. The minimum atomic E-state index is 0. The Kier molecular flexibility index (Phi) is 6.74. The second-order valence-electron chi connectivity index (χ2n) is 3.10. The van der Waals surface area contributed by atoms with Crippen LogP contribution >= 0.6 is 24.8 Å². The average Bonchev–Trinajstić information content (AvgIpc) is 2.30. The predicted octanol–water partition coefficient (Wildman–Crippen LogP) is 3.05. The number of hydrogen-bond donors (Lipinski definition) is 1. The fraction of sp³-hybridized carbons (Fsp3) is 0.0833. The summed E-state index contributed by atoms with van der Waals surface area (Å²) < 4.78 is 0. The summed E-state index contributed by atoms with van der Waals surface area (Å²) in [5, 5.41) is 0. The maximum Gasteiger partial charge on any atom is 0.0273 e. The molecule has 0 aliphatic heterocycles. The van der Waals surface area contributed by atoms with Gasteiger partial charge < -0.3 is 5.73 Å². The maximum absolute atomic E-state index is 5.67. The first-order chi connectivity index (χ1) is 6.92. The lowest BCUT2D eigenvalue weighted by Gasteiger charge is -2.06. The highest BCUT2D eigenvalue weighted by molar-refractivity contribution is 5.85. The summed E-state index contributed by atoms with van der Waals surface area (Å²) in [6, 6.07) is 12.2. The summed E-state index contributed by atoms with van der Waals surface area (Å²) in [6.07, 6.45) is 3.59. The molecule has 0 saturated heterocycles. The second kappa shape index (κ2) is 7.23. The van der Waals surface area contributed by atoms with Gasteiger partial charge in [0.25, 0.3) is 0 Å². The van der Waals surface area contributed by atoms with Gasteiger partial charge in [-0.1, -0.05) is 24.3 Å². The molecule has 0 atom stereocenters. The van der Waals surface area contributed by atoms with Crippen LogP contribution < -0.4 is 5.73 Å². The zero-order valence-corrected chi connectivity index (χ0v) is 10.3. The monoisotopic (exact) mass is 256 g/mol. The van der Waals surface area contributed by atoms with Crippen LogP contribution in [0.5, 0.6) is 0 Å². The summed E-state index contributed by atoms with van der Waals surface area (Å²) in [5.74, 6) is 0. The van der Waals surface area contributed by atoms with E-state index in [1.807, 2.05) is 24.3 Å². The Morgan fingerprint density at radius 2 is 1.56 bits per heavy atom. The normalized spacial score (nSPS) is 8.81. The zero-order valence-electron chi connectivity index (χ0n) is 8.67. The quantitative estimate of drug-likeness (QED) is 0.898. The molecule has 0 saturated carbocycles. The van der Waals surface area contributed by atoms with Gasteiger partial charge in [-0.3, -0.25) is 4.98 Å². The van der Waals surface area contributed by atoms with Crippen molar-refractivity contribution in [3.63, 3.8) is 0 Å². The summed E-state index contributed by atoms with van der Waals surface area (Å²) in [7, 11) is 0. The van der Waals surface area contributed by atoms with E-state index in [9.17, 15) is 0 Å². The van der Waals surface area contributed by atoms with Crippen molar-refractivity contribution in [3.8, 4) is 11.1 Å². The smallest absolute Gasteiger partial charge is 0.0273 e. The molecule has 16 heavy (non-hydrogen) atoms. The molecule has 0 amide bonds. The van der Waals surface area contributed by atoms with Crippen molar-refractivity contribution in [1.29, 1.82) is 0 Å². The van der Waals surface area contributed by atoms with Crippen LogP contribution in [0.25, 0.3) is 11.1 Å². The number of rotatable bonds is 2. The molecule has 0 aliphatic carbocycles. The van der Waals surface area contributed by atoms with Gasteiger partial charge in [-0.15, -0.1) is 24.8 Å². The van der Waals surface area contributed by atoms with Crippen LogP contribution in [-0.4, -0.2) is 4.98 Å². The molecule has 1 heterocycles. The van der Waals surface area contributed by atoms with E-state index in [0.29, 0.717) is 6.54 Å². The van der Waals surface area contributed by atoms with Gasteiger partial charge in [-0.2, -0.15) is 0 Å². The second-order valence-corrected chi connectivity index (χ2v) is 3.10. The van der Waals surface area contributed by atoms with Crippen LogP contribution in [0.15, 0.2) is 48.8 Å². The maximum atomic E-state index is 5.67. The SMILES string of the molecule is Cl.Cl.NCc1ccccc1-c1ccncc1. The summed E-state index contributed by atoms with van der Waals surface area (Å²) in [5.41, 5.74) is 9.20. The van der Waals surface area contributed by atoms with Crippen LogP contribution in [0.4, 0.5) is 0 Å². The summed E-state index contributed by atoms with van der Waals surface area (Å²) >= 11 is 0. The van der Waals surface area contributed by atoms with Gasteiger partial charge in [0.05, 0.1) is 0 Å². The van der Waals surface area contributed by atoms with Crippen molar-refractivity contribution < 1.29 is 0 Å². The van der Waals surface area contributed by atoms with E-state index in [1.54, 1.807) is 12.4 Å². The van der Waals surface area contributed by atoms with Crippen molar-refractivity contribution in [3.05, 3.63) is 54.4 Å². The fourth-order valence-corrected chi connectivity index (χ4v) is 1.51. The molecule has 2 aromatic rings. The first-order valence-electron chi connectivity index (χ1n) is 4.60. The average molecular weight is 257 g/mol. The molecule has 2 N–H and O–H groups in total. The molecular weight excluding hydrogens is 243 g/mol. The predicted molar refractivity (Wildman–Crippen MR) is 72.1 cm³/mol. The molecule has 0 fully saturated rings. The third-order valence-electron chi connectivity index (χ3n) is 2.23. The van der Waals surface area contributed by atoms with Crippen molar-refractivity contribution in [2.24, 2.45) is 5.73 Å². The largest absolute Gasteiger partial charge is 0.326 e. The molecule has 1 aromatic carbocycles. The molecule has 0 radical (unpaired) electrons. The van der Waals surface area contributed by atoms with E-state index in [4.69, 9.17) is 5.73 Å². The molecule has 2 nitrogen and oxygen atoms in total. The molecule has 0 unspecified atom stereocenters. The minimum Gasteiger partial charge on any atom is -0.326 e. The van der Waals surface area contributed by atoms with Crippen molar-refractivity contribution in [2.45, 2.75) is 6.54 Å². The lowest BCUT2D eigenvalue weighted by atomic mass is 10.0. The van der Waals surface area contributed by atoms with Crippen LogP contribution in [0.2, 0.25) is 0 Å². The van der Waals surface area contributed by atoms with Crippen LogP contribution in [0.1, 0.15) is 5.56 Å². The van der Waals surface area contributed by atoms with Gasteiger partial charge in [0, 0.05) is 18.9 Å². The Labute approximate surface area is 108 Å². The van der Waals surface area contributed by atoms with Gasteiger partial charge in [0.1, 0.15) is 0 Å². The first kappa shape index (κ1) is 14.9. The third-order valence-corrected chi connectivity index (χ3v) is 2.23. The molecule has 1 aromatic heterocycles. The van der Waals surface area contributed by atoms with Gasteiger partial charge >= 0.3 is 0 Å². The lowest BCUT2D eigenvalue weighted by molar-refractivity contribution is 1.07. The molecule has 2 rings (SSSR count). The number of hydrogen-bond acceptors (Lipinski definition) is 2. The van der Waals surface area contributed by atoms with E-state index in [-0.39, 0.29) is 24.8 Å². The van der Waals surface area contributed by atoms with E-state index in [2.05, 4.69) is 17.1 Å². The highest BCUT2D eigenvalue weighted by atomic mass is 35.5. The first-order valence-corrected chi connectivity index (χ1v) is 4.60. The third kappa shape index (κ3) is 3.20.